The number of aryl methyl sites for hydroxylation is 1. The Bertz CT molecular complexity index is 1030. The van der Waals surface area contributed by atoms with Gasteiger partial charge in [0.2, 0.25) is 0 Å². The molecule has 0 fully saturated rings. The first-order valence-electron chi connectivity index (χ1n) is 10.9. The van der Waals surface area contributed by atoms with E-state index in [0.717, 1.165) is 28.8 Å². The molecule has 160 valence electrons. The van der Waals surface area contributed by atoms with Gasteiger partial charge < -0.3 is 10.1 Å². The lowest BCUT2D eigenvalue weighted by Crippen LogP contribution is -2.42. The topological polar surface area (TPSA) is 55.4 Å². The molecule has 0 spiro atoms. The van der Waals surface area contributed by atoms with Crippen molar-refractivity contribution in [2.75, 3.05) is 0 Å². The largest absolute Gasteiger partial charge is 0.462 e. The summed E-state index contributed by atoms with van der Waals surface area (Å²) in [5.41, 5.74) is 5.41. The molecule has 4 nitrogen and oxygen atoms in total. The summed E-state index contributed by atoms with van der Waals surface area (Å²) in [5.74, 6) is -1.17. The Labute approximate surface area is 184 Å². The number of rotatable bonds is 4. The molecular weight excluding hydrogens is 386 g/mol. The Morgan fingerprint density at radius 1 is 1.03 bits per heavy atom. The minimum Gasteiger partial charge on any atom is -0.462 e. The first-order chi connectivity index (χ1) is 14.8. The van der Waals surface area contributed by atoms with E-state index in [9.17, 15) is 9.59 Å². The van der Waals surface area contributed by atoms with E-state index in [1.807, 2.05) is 63.2 Å². The second kappa shape index (κ2) is 8.54. The highest BCUT2D eigenvalue weighted by atomic mass is 16.5. The van der Waals surface area contributed by atoms with Crippen molar-refractivity contribution in [3.05, 3.63) is 94.8 Å². The molecule has 0 saturated carbocycles. The van der Waals surface area contributed by atoms with Crippen LogP contribution in [0.1, 0.15) is 55.2 Å². The van der Waals surface area contributed by atoms with Crippen molar-refractivity contribution < 1.29 is 14.3 Å². The average Bonchev–Trinajstić information content (AvgIpc) is 2.73. The fraction of sp³-hybridized carbons (Fsp3) is 0.333. The molecule has 0 radical (unpaired) electrons. The third kappa shape index (κ3) is 4.20. The summed E-state index contributed by atoms with van der Waals surface area (Å²) in [6.07, 6.45) is 0.919. The highest BCUT2D eigenvalue weighted by molar-refractivity contribution is 6.01. The minimum atomic E-state index is -0.638. The number of esters is 1. The summed E-state index contributed by atoms with van der Waals surface area (Å²) in [6, 6.07) is 18.2. The van der Waals surface area contributed by atoms with Crippen LogP contribution in [-0.2, 0) is 14.3 Å². The summed E-state index contributed by atoms with van der Waals surface area (Å²) < 4.78 is 5.57. The summed E-state index contributed by atoms with van der Waals surface area (Å²) in [4.78, 5) is 26.6. The number of ketones is 1. The molecule has 1 aliphatic carbocycles. The summed E-state index contributed by atoms with van der Waals surface area (Å²) >= 11 is 0. The molecule has 2 aliphatic rings. The number of benzene rings is 2. The zero-order valence-corrected chi connectivity index (χ0v) is 18.4. The number of carbonyl (C=O) groups is 2. The fourth-order valence-electron chi connectivity index (χ4n) is 4.73. The minimum absolute atomic E-state index is 0.0861. The lowest BCUT2D eigenvalue weighted by Gasteiger charge is -2.40. The van der Waals surface area contributed by atoms with Crippen molar-refractivity contribution in [2.45, 2.75) is 51.6 Å². The number of hydrogen-bond donors (Lipinski definition) is 1. The van der Waals surface area contributed by atoms with E-state index in [1.165, 1.54) is 0 Å². The van der Waals surface area contributed by atoms with Crippen molar-refractivity contribution >= 4 is 11.8 Å². The Hall–Kier alpha value is -3.14. The van der Waals surface area contributed by atoms with Gasteiger partial charge in [0.05, 0.1) is 6.10 Å². The molecule has 31 heavy (non-hydrogen) atoms. The maximum Gasteiger partial charge on any atom is 0.316 e. The number of carbonyl (C=O) groups excluding carboxylic acids is 2. The van der Waals surface area contributed by atoms with Gasteiger partial charge in [-0.3, -0.25) is 9.59 Å². The maximum absolute atomic E-state index is 13.5. The Morgan fingerprint density at radius 3 is 2.35 bits per heavy atom. The van der Waals surface area contributed by atoms with Crippen molar-refractivity contribution in [1.82, 2.24) is 5.32 Å². The van der Waals surface area contributed by atoms with Crippen LogP contribution in [0.4, 0.5) is 0 Å². The number of ether oxygens (including phenoxy) is 1. The smallest absolute Gasteiger partial charge is 0.316 e. The number of allylic oxidation sites excluding steroid dienone is 2. The van der Waals surface area contributed by atoms with Crippen LogP contribution in [0.15, 0.2) is 78.1 Å². The van der Waals surface area contributed by atoms with Gasteiger partial charge in [-0.15, -0.1) is 0 Å². The van der Waals surface area contributed by atoms with Crippen LogP contribution in [0.2, 0.25) is 0 Å². The van der Waals surface area contributed by atoms with Gasteiger partial charge in [-0.25, -0.2) is 0 Å². The highest BCUT2D eigenvalue weighted by Crippen LogP contribution is 2.47. The van der Waals surface area contributed by atoms with Gasteiger partial charge in [-0.05, 0) is 44.2 Å². The van der Waals surface area contributed by atoms with Crippen LogP contribution >= 0.6 is 0 Å². The molecule has 0 amide bonds. The van der Waals surface area contributed by atoms with Gasteiger partial charge in [0, 0.05) is 29.3 Å². The van der Waals surface area contributed by atoms with Gasteiger partial charge >= 0.3 is 5.97 Å². The second-order valence-corrected chi connectivity index (χ2v) is 8.83. The van der Waals surface area contributed by atoms with Crippen molar-refractivity contribution in [2.24, 2.45) is 5.92 Å². The normalized spacial score (nSPS) is 23.4. The SMILES string of the molecule is C=C1NC2=C(C(=O)CC(c3ccccc3)C2)C(c2ccc(C)cc2)C1C(=O)OC(C)C. The molecular formula is C27H29NO3. The van der Waals surface area contributed by atoms with Crippen LogP contribution in [0.3, 0.4) is 0 Å². The van der Waals surface area contributed by atoms with Gasteiger partial charge in [-0.2, -0.15) is 0 Å². The summed E-state index contributed by atoms with van der Waals surface area (Å²) in [7, 11) is 0. The van der Waals surface area contributed by atoms with Gasteiger partial charge in [0.15, 0.2) is 5.78 Å². The summed E-state index contributed by atoms with van der Waals surface area (Å²) in [5, 5.41) is 3.33. The molecule has 1 aliphatic heterocycles. The van der Waals surface area contributed by atoms with Crippen molar-refractivity contribution in [1.29, 1.82) is 0 Å². The zero-order valence-electron chi connectivity index (χ0n) is 18.4. The lowest BCUT2D eigenvalue weighted by molar-refractivity contribution is -0.151. The molecule has 0 saturated heterocycles. The predicted molar refractivity (Wildman–Crippen MR) is 121 cm³/mol. The van der Waals surface area contributed by atoms with Crippen LogP contribution in [0.5, 0.6) is 0 Å². The van der Waals surface area contributed by atoms with Crippen LogP contribution in [-0.4, -0.2) is 17.9 Å². The van der Waals surface area contributed by atoms with E-state index in [0.29, 0.717) is 17.7 Å². The van der Waals surface area contributed by atoms with Crippen LogP contribution < -0.4 is 5.32 Å². The molecule has 1 N–H and O–H groups in total. The standard InChI is InChI=1S/C27H29NO3/c1-16(2)31-27(30)24-18(4)28-22-14-21(19-8-6-5-7-9-19)15-23(29)26(22)25(24)20-12-10-17(3)11-13-20/h5-13,16,21,24-25,28H,4,14-15H2,1-3H3. The van der Waals surface area contributed by atoms with Gasteiger partial charge in [0.1, 0.15) is 5.92 Å². The van der Waals surface area contributed by atoms with E-state index in [4.69, 9.17) is 4.74 Å². The van der Waals surface area contributed by atoms with Gasteiger partial charge in [-0.1, -0.05) is 66.7 Å². The van der Waals surface area contributed by atoms with Crippen molar-refractivity contribution in [3.63, 3.8) is 0 Å². The zero-order chi connectivity index (χ0) is 22.1. The molecule has 4 heteroatoms. The number of Topliss-reactive ketones (excluding diaryl/α,β-unsaturated/α-hetero) is 1. The second-order valence-electron chi connectivity index (χ2n) is 8.83. The predicted octanol–water partition coefficient (Wildman–Crippen LogP) is 5.16. The molecule has 3 atom stereocenters. The molecule has 4 rings (SSSR count). The molecule has 2 aromatic rings. The molecule has 2 aromatic carbocycles. The van der Waals surface area contributed by atoms with E-state index < -0.39 is 5.92 Å². The van der Waals surface area contributed by atoms with Crippen LogP contribution in [0.25, 0.3) is 0 Å². The number of nitrogens with one attached hydrogen (secondary N) is 1. The van der Waals surface area contributed by atoms with Gasteiger partial charge in [0.25, 0.3) is 0 Å². The average molecular weight is 416 g/mol. The molecule has 3 unspecified atom stereocenters. The maximum atomic E-state index is 13.5. The third-order valence-electron chi connectivity index (χ3n) is 6.15. The van der Waals surface area contributed by atoms with E-state index in [-0.39, 0.29) is 29.7 Å². The Kier molecular flexibility index (Phi) is 5.81. The Morgan fingerprint density at radius 2 is 1.71 bits per heavy atom. The quantitative estimate of drug-likeness (QED) is 0.701. The third-order valence-corrected chi connectivity index (χ3v) is 6.15. The molecule has 0 bridgehead atoms. The highest BCUT2D eigenvalue weighted by Gasteiger charge is 2.45. The lowest BCUT2D eigenvalue weighted by atomic mass is 9.69. The first-order valence-corrected chi connectivity index (χ1v) is 10.9. The van der Waals surface area contributed by atoms with E-state index in [1.54, 1.807) is 0 Å². The van der Waals surface area contributed by atoms with E-state index in [2.05, 4.69) is 24.0 Å². The monoisotopic (exact) mass is 415 g/mol. The number of hydrogen-bond acceptors (Lipinski definition) is 4. The Balaban J connectivity index is 1.79. The summed E-state index contributed by atoms with van der Waals surface area (Å²) in [6.45, 7) is 9.86. The molecule has 0 aromatic heterocycles. The fourth-order valence-corrected chi connectivity index (χ4v) is 4.73. The molecule has 1 heterocycles. The first kappa shape index (κ1) is 21.1. The van der Waals surface area contributed by atoms with E-state index >= 15 is 0 Å². The van der Waals surface area contributed by atoms with Crippen LogP contribution in [0, 0.1) is 12.8 Å². The van der Waals surface area contributed by atoms with Crippen molar-refractivity contribution in [3.8, 4) is 0 Å².